The van der Waals surface area contributed by atoms with Crippen LogP contribution in [0.4, 0.5) is 0 Å². The third kappa shape index (κ3) is 2.01. The molecule has 6 heteroatoms. The van der Waals surface area contributed by atoms with E-state index >= 15 is 0 Å². The van der Waals surface area contributed by atoms with Gasteiger partial charge in [-0.05, 0) is 23.7 Å². The predicted octanol–water partition coefficient (Wildman–Crippen LogP) is 2.03. The van der Waals surface area contributed by atoms with Gasteiger partial charge in [0, 0.05) is 34.8 Å². The number of hydrogen-bond acceptors (Lipinski definition) is 4. The molecule has 1 aromatic carbocycles. The zero-order chi connectivity index (χ0) is 15.3. The second-order valence-electron chi connectivity index (χ2n) is 5.50. The van der Waals surface area contributed by atoms with Crippen LogP contribution in [-0.2, 0) is 13.0 Å². The summed E-state index contributed by atoms with van der Waals surface area (Å²) in [6.45, 7) is 0.371. The quantitative estimate of drug-likeness (QED) is 0.674. The minimum Gasteiger partial charge on any atom is -0.390 e. The first-order chi connectivity index (χ1) is 10.6. The molecule has 0 amide bonds. The fourth-order valence-electron chi connectivity index (χ4n) is 3.18. The van der Waals surface area contributed by atoms with Gasteiger partial charge >= 0.3 is 0 Å². The molecule has 0 saturated carbocycles. The lowest BCUT2D eigenvalue weighted by Crippen LogP contribution is -2.37. The van der Waals surface area contributed by atoms with E-state index in [1.165, 1.54) is 0 Å². The number of benzene rings is 1. The van der Waals surface area contributed by atoms with E-state index in [1.807, 2.05) is 30.3 Å². The van der Waals surface area contributed by atoms with Gasteiger partial charge in [0.2, 0.25) is 5.28 Å². The Kier molecular flexibility index (Phi) is 3.14. The first-order valence-electron chi connectivity index (χ1n) is 7.10. The third-order valence-corrected chi connectivity index (χ3v) is 4.36. The highest BCUT2D eigenvalue weighted by molar-refractivity contribution is 6.28. The van der Waals surface area contributed by atoms with Crippen molar-refractivity contribution in [3.8, 4) is 11.3 Å². The highest BCUT2D eigenvalue weighted by Crippen LogP contribution is 2.37. The average Bonchev–Trinajstić information content (AvgIpc) is 2.81. The minimum atomic E-state index is -0.770. The molecular formula is C16H14ClN3O2. The summed E-state index contributed by atoms with van der Waals surface area (Å²) in [6, 6.07) is 9.77. The molecule has 3 heterocycles. The van der Waals surface area contributed by atoms with Crippen LogP contribution in [0.1, 0.15) is 5.69 Å². The van der Waals surface area contributed by atoms with Crippen LogP contribution in [-0.4, -0.2) is 37.0 Å². The maximum absolute atomic E-state index is 10.1. The highest BCUT2D eigenvalue weighted by Gasteiger charge is 2.30. The molecule has 1 aliphatic heterocycles. The summed E-state index contributed by atoms with van der Waals surface area (Å²) in [6.07, 6.45) is 0.475. The number of aliphatic hydroxyl groups excluding tert-OH is 2. The summed E-state index contributed by atoms with van der Waals surface area (Å²) < 4.78 is 2.05. The Labute approximate surface area is 131 Å². The molecule has 5 nitrogen and oxygen atoms in total. The van der Waals surface area contributed by atoms with Crippen LogP contribution < -0.4 is 0 Å². The van der Waals surface area contributed by atoms with E-state index < -0.39 is 12.2 Å². The molecule has 1 aliphatic rings. The van der Waals surface area contributed by atoms with E-state index in [1.54, 1.807) is 6.20 Å². The van der Waals surface area contributed by atoms with Crippen LogP contribution in [0.25, 0.3) is 22.2 Å². The molecule has 112 valence electrons. The van der Waals surface area contributed by atoms with Crippen LogP contribution in [0, 0.1) is 0 Å². The molecule has 2 unspecified atom stereocenters. The average molecular weight is 316 g/mol. The van der Waals surface area contributed by atoms with Gasteiger partial charge in [-0.15, -0.1) is 0 Å². The van der Waals surface area contributed by atoms with Crippen molar-refractivity contribution >= 4 is 22.5 Å². The Morgan fingerprint density at radius 2 is 1.95 bits per heavy atom. The van der Waals surface area contributed by atoms with E-state index in [0.717, 1.165) is 27.9 Å². The molecular weight excluding hydrogens is 302 g/mol. The molecule has 0 aliphatic carbocycles. The van der Waals surface area contributed by atoms with Crippen molar-refractivity contribution in [1.82, 2.24) is 14.5 Å². The van der Waals surface area contributed by atoms with Gasteiger partial charge in [-0.1, -0.05) is 18.2 Å². The van der Waals surface area contributed by atoms with Crippen LogP contribution in [0.2, 0.25) is 5.28 Å². The minimum absolute atomic E-state index is 0.193. The molecule has 2 atom stereocenters. The zero-order valence-corrected chi connectivity index (χ0v) is 12.4. The van der Waals surface area contributed by atoms with Crippen LogP contribution >= 0.6 is 11.6 Å². The molecule has 0 saturated heterocycles. The Morgan fingerprint density at radius 3 is 2.77 bits per heavy atom. The van der Waals surface area contributed by atoms with Crippen LogP contribution in [0.3, 0.4) is 0 Å². The number of fused-ring (bicyclic) bond motifs is 3. The van der Waals surface area contributed by atoms with Crippen molar-refractivity contribution in [1.29, 1.82) is 0 Å². The van der Waals surface area contributed by atoms with Crippen molar-refractivity contribution < 1.29 is 10.2 Å². The van der Waals surface area contributed by atoms with Gasteiger partial charge in [-0.3, -0.25) is 0 Å². The molecule has 2 aromatic heterocycles. The smallest absolute Gasteiger partial charge is 0.222 e. The summed E-state index contributed by atoms with van der Waals surface area (Å²) in [5.74, 6) is 0. The second-order valence-corrected chi connectivity index (χ2v) is 5.84. The van der Waals surface area contributed by atoms with Crippen LogP contribution in [0.5, 0.6) is 0 Å². The van der Waals surface area contributed by atoms with Gasteiger partial charge < -0.3 is 14.8 Å². The van der Waals surface area contributed by atoms with Gasteiger partial charge in [0.1, 0.15) is 0 Å². The summed E-state index contributed by atoms with van der Waals surface area (Å²) in [5.41, 5.74) is 3.67. The van der Waals surface area contributed by atoms with Crippen LogP contribution in [0.15, 0.2) is 36.5 Å². The fraction of sp³-hybridized carbons (Fsp3) is 0.250. The second kappa shape index (κ2) is 5.05. The van der Waals surface area contributed by atoms with E-state index in [4.69, 9.17) is 11.6 Å². The molecule has 0 bridgehead atoms. The lowest BCUT2D eigenvalue weighted by molar-refractivity contribution is -0.00156. The van der Waals surface area contributed by atoms with Crippen molar-refractivity contribution in [2.45, 2.75) is 25.2 Å². The molecule has 0 fully saturated rings. The van der Waals surface area contributed by atoms with E-state index in [2.05, 4.69) is 14.5 Å². The molecule has 0 radical (unpaired) electrons. The number of rotatable bonds is 1. The van der Waals surface area contributed by atoms with Crippen molar-refractivity contribution in [2.24, 2.45) is 0 Å². The summed E-state index contributed by atoms with van der Waals surface area (Å²) in [5, 5.41) is 21.3. The number of aliphatic hydroxyl groups is 2. The standard InChI is InChI=1S/C16H14ClN3O2/c17-16-18-6-5-10(19-16)15-9-3-1-2-4-11(9)20-8-14(22)13(21)7-12(15)20/h1-6,13-14,21-22H,7-8H2. The largest absolute Gasteiger partial charge is 0.390 e. The summed E-state index contributed by atoms with van der Waals surface area (Å²) >= 11 is 5.93. The van der Waals surface area contributed by atoms with Gasteiger partial charge in [0.15, 0.2) is 0 Å². The Bertz CT molecular complexity index is 862. The summed E-state index contributed by atoms with van der Waals surface area (Å²) in [7, 11) is 0. The van der Waals surface area contributed by atoms with Gasteiger partial charge in [-0.2, -0.15) is 0 Å². The Balaban J connectivity index is 2.04. The van der Waals surface area contributed by atoms with Crippen molar-refractivity contribution in [2.75, 3.05) is 0 Å². The Hall–Kier alpha value is -1.95. The first-order valence-corrected chi connectivity index (χ1v) is 7.48. The Morgan fingerprint density at radius 1 is 1.14 bits per heavy atom. The summed E-state index contributed by atoms with van der Waals surface area (Å²) in [4.78, 5) is 8.24. The normalized spacial score (nSPS) is 21.0. The van der Waals surface area contributed by atoms with E-state index in [0.29, 0.717) is 13.0 Å². The van der Waals surface area contributed by atoms with Crippen molar-refractivity contribution in [3.63, 3.8) is 0 Å². The molecule has 4 rings (SSSR count). The molecule has 22 heavy (non-hydrogen) atoms. The predicted molar refractivity (Wildman–Crippen MR) is 83.7 cm³/mol. The first kappa shape index (κ1) is 13.7. The van der Waals surface area contributed by atoms with E-state index in [9.17, 15) is 10.2 Å². The van der Waals surface area contributed by atoms with Gasteiger partial charge in [0.25, 0.3) is 0 Å². The SMILES string of the molecule is OC1Cc2c(-c3ccnc(Cl)n3)c3ccccc3n2CC1O. The molecule has 3 aromatic rings. The molecule has 0 spiro atoms. The number of hydrogen-bond donors (Lipinski definition) is 2. The van der Waals surface area contributed by atoms with Crippen molar-refractivity contribution in [3.05, 3.63) is 47.5 Å². The monoisotopic (exact) mass is 315 g/mol. The maximum Gasteiger partial charge on any atom is 0.222 e. The highest BCUT2D eigenvalue weighted by atomic mass is 35.5. The number of aromatic nitrogens is 3. The topological polar surface area (TPSA) is 71.2 Å². The number of para-hydroxylation sites is 1. The van der Waals surface area contributed by atoms with E-state index in [-0.39, 0.29) is 5.28 Å². The lowest BCUT2D eigenvalue weighted by Gasteiger charge is -2.27. The van der Waals surface area contributed by atoms with Gasteiger partial charge in [0.05, 0.1) is 24.4 Å². The zero-order valence-electron chi connectivity index (χ0n) is 11.6. The maximum atomic E-state index is 10.1. The third-order valence-electron chi connectivity index (χ3n) is 4.18. The number of halogens is 1. The fourth-order valence-corrected chi connectivity index (χ4v) is 3.33. The molecule has 2 N–H and O–H groups in total. The lowest BCUT2D eigenvalue weighted by atomic mass is 9.99. The number of nitrogens with zero attached hydrogens (tertiary/aromatic N) is 3. The van der Waals surface area contributed by atoms with Gasteiger partial charge in [-0.25, -0.2) is 9.97 Å².